The Labute approximate surface area is 360 Å². The van der Waals surface area contributed by atoms with Crippen LogP contribution >= 0.6 is 11.8 Å². The van der Waals surface area contributed by atoms with Gasteiger partial charge in [-0.3, -0.25) is 32.4 Å². The molecule has 0 fully saturated rings. The van der Waals surface area contributed by atoms with Gasteiger partial charge in [-0.1, -0.05) is 36.4 Å². The zero-order chi connectivity index (χ0) is 46.8. The number of rotatable bonds is 15. The number of anilines is 2. The zero-order valence-corrected chi connectivity index (χ0v) is 36.8. The molecule has 0 atom stereocenters. The Kier molecular flexibility index (Phi) is 12.5. The average Bonchev–Trinajstić information content (AvgIpc) is 3.15. The van der Waals surface area contributed by atoms with Crippen molar-refractivity contribution in [1.82, 2.24) is 4.98 Å². The molecular formula is C34H28N2O20S7. The fourth-order valence-corrected chi connectivity index (χ4v) is 13.2. The first-order valence-corrected chi connectivity index (χ1v) is 27.2. The zero-order valence-electron chi connectivity index (χ0n) is 31.1. The lowest BCUT2D eigenvalue weighted by Gasteiger charge is -2.18. The van der Waals surface area contributed by atoms with Crippen molar-refractivity contribution in [2.24, 2.45) is 0 Å². The molecule has 1 aliphatic heterocycles. The molecule has 0 aromatic heterocycles. The van der Waals surface area contributed by atoms with E-state index in [0.717, 1.165) is 36.0 Å². The highest BCUT2D eigenvalue weighted by Gasteiger charge is 2.32. The molecule has 7 N–H and O–H groups in total. The number of thioether (sulfide) groups is 1. The van der Waals surface area contributed by atoms with E-state index in [4.69, 9.17) is 4.55 Å². The van der Waals surface area contributed by atoms with E-state index in [1.807, 2.05) is 0 Å². The molecule has 0 bridgehead atoms. The van der Waals surface area contributed by atoms with Crippen LogP contribution in [0.2, 0.25) is 0 Å². The van der Waals surface area contributed by atoms with Crippen LogP contribution in [0.25, 0.3) is 27.4 Å². The third-order valence-corrected chi connectivity index (χ3v) is 16.7. The molecule has 4 aromatic rings. The lowest BCUT2D eigenvalue weighted by atomic mass is 9.96. The second-order valence-electron chi connectivity index (χ2n) is 13.3. The molecular weight excluding hydrogens is 981 g/mol. The molecule has 2 aliphatic rings. The van der Waals surface area contributed by atoms with Crippen molar-refractivity contribution in [2.45, 2.75) is 30.9 Å². The maximum Gasteiger partial charge on any atom is 0.296 e. The summed E-state index contributed by atoms with van der Waals surface area (Å²) in [6.45, 7) is 0. The summed E-state index contributed by atoms with van der Waals surface area (Å²) in [4.78, 5) is 25.7. The number of aliphatic hydroxyl groups is 1. The largest absolute Gasteiger partial charge is 0.506 e. The van der Waals surface area contributed by atoms with Gasteiger partial charge in [0.25, 0.3) is 56.1 Å². The quantitative estimate of drug-likeness (QED) is 0.0561. The third-order valence-electron chi connectivity index (χ3n) is 9.17. The van der Waals surface area contributed by atoms with Crippen molar-refractivity contribution < 1.29 is 78.4 Å². The van der Waals surface area contributed by atoms with Crippen molar-refractivity contribution >= 4 is 111 Å². The first-order chi connectivity index (χ1) is 28.9. The minimum Gasteiger partial charge on any atom is -0.506 e. The van der Waals surface area contributed by atoms with Crippen LogP contribution < -0.4 is 21.5 Å². The molecule has 6 rings (SSSR count). The van der Waals surface area contributed by atoms with Gasteiger partial charge in [0.05, 0.1) is 48.8 Å². The van der Waals surface area contributed by atoms with Gasteiger partial charge < -0.3 is 10.4 Å². The van der Waals surface area contributed by atoms with Crippen LogP contribution in [-0.4, -0.2) is 106 Å². The molecule has 1 heterocycles. The molecule has 63 heavy (non-hydrogen) atoms. The Bertz CT molecular complexity index is 3870. The van der Waals surface area contributed by atoms with Crippen LogP contribution in [-0.2, 0) is 60.4 Å². The Morgan fingerprint density at radius 1 is 0.603 bits per heavy atom. The van der Waals surface area contributed by atoms with Gasteiger partial charge in [-0.05, 0) is 47.9 Å². The summed E-state index contributed by atoms with van der Waals surface area (Å²) in [5.41, 5.74) is -5.71. The van der Waals surface area contributed by atoms with Gasteiger partial charge in [0.15, 0.2) is 15.3 Å². The lowest BCUT2D eigenvalue weighted by Crippen LogP contribution is -2.33. The van der Waals surface area contributed by atoms with Gasteiger partial charge >= 0.3 is 0 Å². The second-order valence-corrected chi connectivity index (χ2v) is 23.8. The molecule has 336 valence electrons. The number of fused-ring (bicyclic) bond motifs is 2. The Balaban J connectivity index is 1.74. The van der Waals surface area contributed by atoms with E-state index in [9.17, 15) is 83.4 Å². The number of nitrogens with zero attached hydrogens (tertiary/aromatic N) is 1. The van der Waals surface area contributed by atoms with Gasteiger partial charge in [0.1, 0.15) is 20.4 Å². The van der Waals surface area contributed by atoms with E-state index >= 15 is 0 Å². The maximum absolute atomic E-state index is 14.5. The number of hydrogen-bond acceptors (Lipinski definition) is 18. The molecule has 0 saturated carbocycles. The minimum absolute atomic E-state index is 0.0220. The normalized spacial score (nSPS) is 13.8. The van der Waals surface area contributed by atoms with Crippen molar-refractivity contribution in [2.75, 3.05) is 28.3 Å². The summed E-state index contributed by atoms with van der Waals surface area (Å²) in [5.74, 6) is -3.05. The average molecular weight is 1010 g/mol. The van der Waals surface area contributed by atoms with Crippen molar-refractivity contribution in [3.8, 4) is 0 Å². The van der Waals surface area contributed by atoms with Gasteiger partial charge in [0, 0.05) is 27.1 Å². The van der Waals surface area contributed by atoms with Crippen molar-refractivity contribution in [3.63, 3.8) is 0 Å². The number of benzene rings is 4. The van der Waals surface area contributed by atoms with Crippen LogP contribution in [0.5, 0.6) is 0 Å². The smallest absolute Gasteiger partial charge is 0.296 e. The first-order valence-electron chi connectivity index (χ1n) is 17.0. The van der Waals surface area contributed by atoms with E-state index in [0.29, 0.717) is 12.1 Å². The summed E-state index contributed by atoms with van der Waals surface area (Å²) >= 11 is 0.838. The van der Waals surface area contributed by atoms with E-state index in [2.05, 4.69) is 10.3 Å². The molecule has 0 unspecified atom stereocenters. The summed E-state index contributed by atoms with van der Waals surface area (Å²) in [5, 5.41) is 10.9. The SMILES string of the molecule is O=c1nc2c(S(=O)(=O)O)cc(Nc3cc(S(=O)(=O)CCSCCCS(=O)(=O)O)c(S(=O)(=O)O)cc3S(=O)(=O)O)c3c2=c(c1=C(O)c1cccc(S(=O)(=O)O)c1)c1ccccc1c3=O. The monoisotopic (exact) mass is 1010 g/mol. The number of aromatic nitrogens is 1. The van der Waals surface area contributed by atoms with Crippen LogP contribution in [0.1, 0.15) is 12.0 Å². The Morgan fingerprint density at radius 3 is 1.79 bits per heavy atom. The molecule has 0 amide bonds. The first kappa shape index (κ1) is 47.6. The van der Waals surface area contributed by atoms with Crippen LogP contribution in [0, 0.1) is 10.4 Å². The second kappa shape index (κ2) is 16.6. The van der Waals surface area contributed by atoms with Crippen LogP contribution in [0.4, 0.5) is 11.4 Å². The standard InChI is InChI=1S/C34H28N2O20S7/c37-32(17-5-3-6-18(13-17)60(45,46)47)30-27-19-7-1-2-8-20(19)33(38)28-22(15-26(63(54,55)56)31(29(27)28)36-34(30)39)35-21-14-24(25(62(51,52)53)16-23(21)61(48,49)50)58(40,41)12-10-57-9-4-11-59(42,43)44/h1-3,5-8,13-16,35,37H,4,9-12H2,(H,42,43,44)(H,45,46,47)(H,48,49,50)(H,51,52,53)(H,54,55,56). The Morgan fingerprint density at radius 2 is 1.21 bits per heavy atom. The fourth-order valence-electron chi connectivity index (χ4n) is 6.56. The molecule has 29 heteroatoms. The highest BCUT2D eigenvalue weighted by atomic mass is 32.2. The highest BCUT2D eigenvalue weighted by molar-refractivity contribution is 8.00. The van der Waals surface area contributed by atoms with Gasteiger partial charge in [-0.2, -0.15) is 53.9 Å². The van der Waals surface area contributed by atoms with Crippen molar-refractivity contribution in [1.29, 1.82) is 0 Å². The summed E-state index contributed by atoms with van der Waals surface area (Å²) in [6.07, 6.45) is -0.131. The lowest BCUT2D eigenvalue weighted by molar-refractivity contribution is 0.476. The summed E-state index contributed by atoms with van der Waals surface area (Å²) in [7, 11) is -31.1. The number of hydrogen-bond donors (Lipinski definition) is 7. The summed E-state index contributed by atoms with van der Waals surface area (Å²) in [6, 6.07) is 9.82. The molecule has 22 nitrogen and oxygen atoms in total. The maximum atomic E-state index is 14.5. The molecule has 0 saturated heterocycles. The van der Waals surface area contributed by atoms with Gasteiger partial charge in [-0.25, -0.2) is 13.4 Å². The van der Waals surface area contributed by atoms with E-state index < -0.39 is 157 Å². The molecule has 1 aliphatic carbocycles. The molecule has 4 aromatic carbocycles. The van der Waals surface area contributed by atoms with E-state index in [-0.39, 0.29) is 34.8 Å². The molecule has 0 radical (unpaired) electrons. The predicted molar refractivity (Wildman–Crippen MR) is 224 cm³/mol. The topological polar surface area (TPSA) is 385 Å². The number of aliphatic hydroxyl groups excluding tert-OH is 1. The minimum atomic E-state index is -5.67. The van der Waals surface area contributed by atoms with Gasteiger partial charge in [-0.15, -0.1) is 0 Å². The number of sulfone groups is 1. The number of nitrogens with one attached hydrogen (secondary N) is 1. The van der Waals surface area contributed by atoms with Crippen molar-refractivity contribution in [3.05, 3.63) is 109 Å². The van der Waals surface area contributed by atoms with Gasteiger partial charge in [0.2, 0.25) is 0 Å². The Hall–Kier alpha value is -4.92. The van der Waals surface area contributed by atoms with E-state index in [1.54, 1.807) is 0 Å². The summed E-state index contributed by atoms with van der Waals surface area (Å²) < 4.78 is 199. The fraction of sp³-hybridized carbons (Fsp3) is 0.147. The van der Waals surface area contributed by atoms with Crippen LogP contribution in [0.3, 0.4) is 0 Å². The highest BCUT2D eigenvalue weighted by Crippen LogP contribution is 2.37. The van der Waals surface area contributed by atoms with E-state index in [1.165, 1.54) is 24.3 Å². The van der Waals surface area contributed by atoms with Crippen LogP contribution in [0.15, 0.2) is 101 Å². The molecule has 0 spiro atoms. The predicted octanol–water partition coefficient (Wildman–Crippen LogP) is 1.22. The third kappa shape index (κ3) is 9.78.